The normalized spacial score (nSPS) is 10.2. The highest BCUT2D eigenvalue weighted by Gasteiger charge is 2.05. The Hall–Kier alpha value is -1.55. The Kier molecular flexibility index (Phi) is 2.87. The summed E-state index contributed by atoms with van der Waals surface area (Å²) < 4.78 is 12.6. The fourth-order valence-electron chi connectivity index (χ4n) is 1.23. The van der Waals surface area contributed by atoms with Gasteiger partial charge in [0.2, 0.25) is 0 Å². The molecule has 0 radical (unpaired) electrons. The molecule has 76 valence electrons. The molecule has 0 saturated heterocycles. The fourth-order valence-corrected chi connectivity index (χ4v) is 2.11. The lowest BCUT2D eigenvalue weighted by atomic mass is 10.2. The molecular weight excluding hydrogens is 211 g/mol. The van der Waals surface area contributed by atoms with E-state index in [4.69, 9.17) is 0 Å². The predicted octanol–water partition coefficient (Wildman–Crippen LogP) is 3.23. The van der Waals surface area contributed by atoms with E-state index < -0.39 is 0 Å². The molecule has 2 aromatic rings. The Labute approximate surface area is 91.1 Å². The maximum absolute atomic E-state index is 12.6. The van der Waals surface area contributed by atoms with E-state index in [-0.39, 0.29) is 12.2 Å². The van der Waals surface area contributed by atoms with Crippen molar-refractivity contribution >= 4 is 11.3 Å². The molecule has 0 aliphatic carbocycles. The molecule has 0 unspecified atom stereocenters. The molecule has 2 aromatic heterocycles. The van der Waals surface area contributed by atoms with Crippen LogP contribution < -0.4 is 0 Å². The summed E-state index contributed by atoms with van der Waals surface area (Å²) in [5.41, 5.74) is 0.928. The van der Waals surface area contributed by atoms with Crippen LogP contribution >= 0.6 is 11.3 Å². The van der Waals surface area contributed by atoms with E-state index in [1.165, 1.54) is 11.3 Å². The molecule has 0 fully saturated rings. The van der Waals surface area contributed by atoms with E-state index in [9.17, 15) is 4.39 Å². The summed E-state index contributed by atoms with van der Waals surface area (Å²) in [5, 5.41) is 1.92. The smallest absolute Gasteiger partial charge is 0.159 e. The fraction of sp³-hybridized carbons (Fsp3) is 0.0909. The van der Waals surface area contributed by atoms with Crippen LogP contribution in [0.25, 0.3) is 11.4 Å². The Morgan fingerprint density at radius 2 is 2.13 bits per heavy atom. The van der Waals surface area contributed by atoms with Gasteiger partial charge < -0.3 is 0 Å². The van der Waals surface area contributed by atoms with Crippen molar-refractivity contribution < 1.29 is 4.39 Å². The monoisotopic (exact) mass is 220 g/mol. The first-order valence-electron chi connectivity index (χ1n) is 4.44. The first kappa shape index (κ1) is 9.98. The lowest BCUT2D eigenvalue weighted by Gasteiger charge is -1.93. The summed E-state index contributed by atoms with van der Waals surface area (Å²) in [6, 6.07) is 3.66. The minimum absolute atomic E-state index is 0.275. The van der Waals surface area contributed by atoms with Crippen molar-refractivity contribution in [1.29, 1.82) is 0 Å². The quantitative estimate of drug-likeness (QED) is 0.793. The zero-order valence-electron chi connectivity index (χ0n) is 7.98. The number of halogens is 1. The zero-order valence-corrected chi connectivity index (χ0v) is 8.80. The van der Waals surface area contributed by atoms with E-state index >= 15 is 0 Å². The van der Waals surface area contributed by atoms with Gasteiger partial charge in [-0.25, -0.2) is 14.4 Å². The highest BCUT2D eigenvalue weighted by Crippen LogP contribution is 2.24. The van der Waals surface area contributed by atoms with Crippen LogP contribution in [0.15, 0.2) is 42.3 Å². The lowest BCUT2D eigenvalue weighted by Crippen LogP contribution is -1.84. The predicted molar refractivity (Wildman–Crippen MR) is 59.3 cm³/mol. The van der Waals surface area contributed by atoms with Gasteiger partial charge in [-0.1, -0.05) is 6.58 Å². The summed E-state index contributed by atoms with van der Waals surface area (Å²) >= 11 is 1.49. The van der Waals surface area contributed by atoms with Gasteiger partial charge in [0, 0.05) is 34.6 Å². The molecule has 2 heterocycles. The third-order valence-corrected chi connectivity index (χ3v) is 2.78. The molecule has 0 aliphatic heterocycles. The van der Waals surface area contributed by atoms with Crippen LogP contribution in [-0.4, -0.2) is 9.97 Å². The highest BCUT2D eigenvalue weighted by molar-refractivity contribution is 7.10. The first-order valence-corrected chi connectivity index (χ1v) is 5.32. The number of allylic oxidation sites excluding steroid dienone is 1. The van der Waals surface area contributed by atoms with Gasteiger partial charge in [0.15, 0.2) is 5.82 Å². The number of aromatic nitrogens is 2. The molecular formula is C11H9FN2S. The van der Waals surface area contributed by atoms with Gasteiger partial charge in [0.25, 0.3) is 0 Å². The number of nitrogens with zero attached hydrogens (tertiary/aromatic N) is 2. The second-order valence-corrected chi connectivity index (χ2v) is 4.06. The second-order valence-electron chi connectivity index (χ2n) is 3.07. The van der Waals surface area contributed by atoms with Crippen molar-refractivity contribution in [1.82, 2.24) is 9.97 Å². The summed E-state index contributed by atoms with van der Waals surface area (Å²) in [4.78, 5) is 9.18. The SMILES string of the molecule is C=C(F)Cc1cc(-c2ncccn2)cs1. The maximum atomic E-state index is 12.6. The van der Waals surface area contributed by atoms with Gasteiger partial charge in [-0.05, 0) is 12.1 Å². The van der Waals surface area contributed by atoms with Crippen molar-refractivity contribution in [2.75, 3.05) is 0 Å². The Morgan fingerprint density at radius 1 is 1.40 bits per heavy atom. The Morgan fingerprint density at radius 3 is 2.80 bits per heavy atom. The molecule has 0 N–H and O–H groups in total. The van der Waals surface area contributed by atoms with Crippen molar-refractivity contribution in [2.24, 2.45) is 0 Å². The van der Waals surface area contributed by atoms with Crippen LogP contribution in [0.1, 0.15) is 4.88 Å². The summed E-state index contributed by atoms with van der Waals surface area (Å²) in [7, 11) is 0. The second kappa shape index (κ2) is 4.31. The third-order valence-electron chi connectivity index (χ3n) is 1.84. The van der Waals surface area contributed by atoms with Crippen LogP contribution in [0.2, 0.25) is 0 Å². The summed E-state index contributed by atoms with van der Waals surface area (Å²) in [5.74, 6) is 0.349. The molecule has 0 bridgehead atoms. The number of rotatable bonds is 3. The van der Waals surface area contributed by atoms with Crippen molar-refractivity contribution in [3.63, 3.8) is 0 Å². The molecule has 2 rings (SSSR count). The minimum Gasteiger partial charge on any atom is -0.237 e. The largest absolute Gasteiger partial charge is 0.237 e. The third kappa shape index (κ3) is 2.47. The molecule has 15 heavy (non-hydrogen) atoms. The summed E-state index contributed by atoms with van der Waals surface area (Å²) in [6.07, 6.45) is 3.65. The topological polar surface area (TPSA) is 25.8 Å². The van der Waals surface area contributed by atoms with Crippen molar-refractivity contribution in [3.8, 4) is 11.4 Å². The summed E-state index contributed by atoms with van der Waals surface area (Å²) in [6.45, 7) is 3.24. The Bertz CT molecular complexity index is 464. The van der Waals surface area contributed by atoms with E-state index in [1.54, 1.807) is 18.5 Å². The molecule has 0 aromatic carbocycles. The van der Waals surface area contributed by atoms with E-state index in [0.29, 0.717) is 5.82 Å². The van der Waals surface area contributed by atoms with Crippen LogP contribution in [-0.2, 0) is 6.42 Å². The van der Waals surface area contributed by atoms with Crippen molar-refractivity contribution in [3.05, 3.63) is 47.2 Å². The first-order chi connectivity index (χ1) is 7.25. The van der Waals surface area contributed by atoms with Crippen LogP contribution in [0.4, 0.5) is 4.39 Å². The van der Waals surface area contributed by atoms with Crippen LogP contribution in [0, 0.1) is 0 Å². The minimum atomic E-state index is -0.322. The highest BCUT2D eigenvalue weighted by atomic mass is 32.1. The van der Waals surface area contributed by atoms with Gasteiger partial charge in [0.05, 0.1) is 5.83 Å². The van der Waals surface area contributed by atoms with Crippen molar-refractivity contribution in [2.45, 2.75) is 6.42 Å². The van der Waals surface area contributed by atoms with Gasteiger partial charge in [0.1, 0.15) is 0 Å². The average Bonchev–Trinajstić information content (AvgIpc) is 2.67. The van der Waals surface area contributed by atoms with Gasteiger partial charge >= 0.3 is 0 Å². The van der Waals surface area contributed by atoms with Crippen LogP contribution in [0.5, 0.6) is 0 Å². The van der Waals surface area contributed by atoms with Gasteiger partial charge in [-0.2, -0.15) is 0 Å². The molecule has 4 heteroatoms. The standard InChI is InChI=1S/C11H9FN2S/c1-8(12)5-10-6-9(7-15-10)11-13-3-2-4-14-11/h2-4,6-7H,1,5H2. The average molecular weight is 220 g/mol. The van der Waals surface area contributed by atoms with Gasteiger partial charge in [-0.3, -0.25) is 0 Å². The molecule has 0 aliphatic rings. The molecule has 0 saturated carbocycles. The van der Waals surface area contributed by atoms with E-state index in [0.717, 1.165) is 10.4 Å². The van der Waals surface area contributed by atoms with Gasteiger partial charge in [-0.15, -0.1) is 11.3 Å². The number of hydrogen-bond donors (Lipinski definition) is 0. The molecule has 0 amide bonds. The molecule has 2 nitrogen and oxygen atoms in total. The number of hydrogen-bond acceptors (Lipinski definition) is 3. The lowest BCUT2D eigenvalue weighted by molar-refractivity contribution is 0.619. The number of thiophene rings is 1. The zero-order chi connectivity index (χ0) is 10.7. The van der Waals surface area contributed by atoms with E-state index in [1.807, 2.05) is 11.4 Å². The molecule has 0 spiro atoms. The van der Waals surface area contributed by atoms with E-state index in [2.05, 4.69) is 16.5 Å². The molecule has 0 atom stereocenters. The Balaban J connectivity index is 2.24. The maximum Gasteiger partial charge on any atom is 0.159 e. The van der Waals surface area contributed by atoms with Crippen LogP contribution in [0.3, 0.4) is 0 Å².